The lowest BCUT2D eigenvalue weighted by Gasteiger charge is -2.34. The fourth-order valence-electron chi connectivity index (χ4n) is 3.22. The molecule has 0 aliphatic carbocycles. The van der Waals surface area contributed by atoms with Crippen LogP contribution in [0.2, 0.25) is 20.1 Å². The number of hydrogen-bond acceptors (Lipinski definition) is 4. The maximum Gasteiger partial charge on any atom is 0.283 e. The van der Waals surface area contributed by atoms with Gasteiger partial charge in [-0.25, -0.2) is 0 Å². The Bertz CT molecular complexity index is 1190. The Morgan fingerprint density at radius 1 is 0.759 bits per heavy atom. The Balaban J connectivity index is 2.61. The van der Waals surface area contributed by atoms with Gasteiger partial charge in [0.25, 0.3) is 10.1 Å². The van der Waals surface area contributed by atoms with Gasteiger partial charge in [-0.15, -0.1) is 0 Å². The van der Waals surface area contributed by atoms with Crippen LogP contribution in [0.1, 0.15) is 16.7 Å². The molecule has 0 amide bonds. The first-order valence-electron chi connectivity index (χ1n) is 7.89. The number of halogens is 4. The Labute approximate surface area is 186 Å². The van der Waals surface area contributed by atoms with Crippen LogP contribution in [0.4, 0.5) is 0 Å². The van der Waals surface area contributed by atoms with Gasteiger partial charge >= 0.3 is 0 Å². The number of phenols is 2. The summed E-state index contributed by atoms with van der Waals surface area (Å²) in [6, 6.07) is 11.5. The highest BCUT2D eigenvalue weighted by molar-refractivity contribution is 7.87. The number of hydrogen-bond donors (Lipinski definition) is 3. The second-order valence-corrected chi connectivity index (χ2v) is 9.34. The minimum atomic E-state index is -5.05. The van der Waals surface area contributed by atoms with E-state index in [0.29, 0.717) is 0 Å². The van der Waals surface area contributed by atoms with E-state index >= 15 is 0 Å². The van der Waals surface area contributed by atoms with Crippen molar-refractivity contribution in [2.75, 3.05) is 0 Å². The van der Waals surface area contributed by atoms with E-state index < -0.39 is 20.6 Å². The molecule has 1 atom stereocenters. The fraction of sp³-hybridized carbons (Fsp3) is 0.0526. The number of benzene rings is 3. The van der Waals surface area contributed by atoms with Crippen molar-refractivity contribution in [3.8, 4) is 11.5 Å². The fourth-order valence-corrected chi connectivity index (χ4v) is 5.72. The molecule has 0 heterocycles. The molecular weight excluding hydrogens is 482 g/mol. The Morgan fingerprint density at radius 2 is 1.34 bits per heavy atom. The Hall–Kier alpha value is -1.67. The molecule has 3 aromatic rings. The van der Waals surface area contributed by atoms with E-state index in [-0.39, 0.29) is 42.5 Å². The molecular formula is C19H12Cl4O5S. The second-order valence-electron chi connectivity index (χ2n) is 6.12. The van der Waals surface area contributed by atoms with E-state index in [4.69, 9.17) is 46.4 Å². The van der Waals surface area contributed by atoms with E-state index in [1.165, 1.54) is 36.4 Å². The summed E-state index contributed by atoms with van der Waals surface area (Å²) in [6.45, 7) is 0. The van der Waals surface area contributed by atoms with Crippen molar-refractivity contribution >= 4 is 56.5 Å². The summed E-state index contributed by atoms with van der Waals surface area (Å²) in [6.07, 6.45) is 0. The lowest BCUT2D eigenvalue weighted by molar-refractivity contribution is 0.455. The van der Waals surface area contributed by atoms with Crippen LogP contribution in [0, 0.1) is 0 Å². The lowest BCUT2D eigenvalue weighted by Crippen LogP contribution is -2.38. The van der Waals surface area contributed by atoms with E-state index in [1.54, 1.807) is 0 Å². The normalized spacial score (nSPS) is 13.8. The average Bonchev–Trinajstić information content (AvgIpc) is 2.59. The van der Waals surface area contributed by atoms with Crippen molar-refractivity contribution in [3.63, 3.8) is 0 Å². The quantitative estimate of drug-likeness (QED) is 0.311. The summed E-state index contributed by atoms with van der Waals surface area (Å²) in [5, 5.41) is 19.6. The highest BCUT2D eigenvalue weighted by Crippen LogP contribution is 2.51. The Kier molecular flexibility index (Phi) is 5.98. The molecule has 0 bridgehead atoms. The molecule has 0 fully saturated rings. The zero-order valence-electron chi connectivity index (χ0n) is 14.3. The average molecular weight is 494 g/mol. The van der Waals surface area contributed by atoms with Crippen molar-refractivity contribution in [1.82, 2.24) is 0 Å². The van der Waals surface area contributed by atoms with Crippen LogP contribution in [0.3, 0.4) is 0 Å². The van der Waals surface area contributed by atoms with Gasteiger partial charge in [0.2, 0.25) is 0 Å². The van der Waals surface area contributed by atoms with Gasteiger partial charge in [0, 0.05) is 10.6 Å². The molecule has 3 rings (SSSR count). The van der Waals surface area contributed by atoms with Crippen LogP contribution in [0.25, 0.3) is 0 Å². The molecule has 10 heteroatoms. The van der Waals surface area contributed by atoms with Crippen molar-refractivity contribution in [1.29, 1.82) is 0 Å². The first-order valence-corrected chi connectivity index (χ1v) is 10.8. The van der Waals surface area contributed by atoms with Gasteiger partial charge in [-0.1, -0.05) is 64.6 Å². The maximum atomic E-state index is 13.0. The molecule has 5 nitrogen and oxygen atoms in total. The number of phenolic OH excluding ortho intramolecular Hbond substituents is 2. The summed E-state index contributed by atoms with van der Waals surface area (Å²) < 4.78 is 34.0. The van der Waals surface area contributed by atoms with Gasteiger partial charge in [0.1, 0.15) is 11.5 Å². The van der Waals surface area contributed by atoms with Gasteiger partial charge in [0.05, 0.1) is 15.1 Å². The van der Waals surface area contributed by atoms with Crippen LogP contribution < -0.4 is 0 Å². The van der Waals surface area contributed by atoms with E-state index in [0.717, 1.165) is 18.2 Å². The molecule has 3 aromatic carbocycles. The van der Waals surface area contributed by atoms with Gasteiger partial charge < -0.3 is 10.2 Å². The predicted molar refractivity (Wildman–Crippen MR) is 114 cm³/mol. The first kappa shape index (κ1) is 22.0. The molecule has 0 spiro atoms. The van der Waals surface area contributed by atoms with Crippen LogP contribution in [-0.2, 0) is 14.9 Å². The molecule has 0 aromatic heterocycles. The number of aromatic hydroxyl groups is 2. The van der Waals surface area contributed by atoms with Crippen LogP contribution in [0.5, 0.6) is 11.5 Å². The molecule has 0 aliphatic heterocycles. The van der Waals surface area contributed by atoms with E-state index in [1.807, 2.05) is 0 Å². The SMILES string of the molecule is O=S(=O)(O)C(c1cccc(Cl)c1)(c1ccc(Cl)c(O)c1)c1c(Cl)cc(O)cc1Cl. The second kappa shape index (κ2) is 7.87. The van der Waals surface area contributed by atoms with Gasteiger partial charge in [-0.2, -0.15) is 8.42 Å². The smallest absolute Gasteiger partial charge is 0.283 e. The van der Waals surface area contributed by atoms with Gasteiger partial charge in [0.15, 0.2) is 4.75 Å². The summed E-state index contributed by atoms with van der Waals surface area (Å²) in [7, 11) is -5.05. The minimum Gasteiger partial charge on any atom is -0.508 e. The van der Waals surface area contributed by atoms with Crippen molar-refractivity contribution in [3.05, 3.63) is 91.4 Å². The monoisotopic (exact) mass is 492 g/mol. The topological polar surface area (TPSA) is 94.8 Å². The molecule has 3 N–H and O–H groups in total. The zero-order valence-corrected chi connectivity index (χ0v) is 18.1. The third kappa shape index (κ3) is 3.77. The lowest BCUT2D eigenvalue weighted by atomic mass is 9.83. The molecule has 0 saturated carbocycles. The molecule has 0 aliphatic rings. The molecule has 29 heavy (non-hydrogen) atoms. The minimum absolute atomic E-state index is 0.00344. The highest BCUT2D eigenvalue weighted by Gasteiger charge is 2.51. The largest absolute Gasteiger partial charge is 0.508 e. The van der Waals surface area contributed by atoms with Crippen LogP contribution in [0.15, 0.2) is 54.6 Å². The molecule has 0 radical (unpaired) electrons. The van der Waals surface area contributed by atoms with Crippen LogP contribution in [-0.4, -0.2) is 23.2 Å². The zero-order chi connectivity index (χ0) is 21.6. The van der Waals surface area contributed by atoms with Gasteiger partial charge in [-0.05, 0) is 47.5 Å². The summed E-state index contributed by atoms with van der Waals surface area (Å²) in [4.78, 5) is 0. The third-order valence-electron chi connectivity index (χ3n) is 4.35. The van der Waals surface area contributed by atoms with Gasteiger partial charge in [-0.3, -0.25) is 4.55 Å². The summed E-state index contributed by atoms with van der Waals surface area (Å²) in [5.41, 5.74) is -0.326. The van der Waals surface area contributed by atoms with Crippen molar-refractivity contribution in [2.45, 2.75) is 4.75 Å². The maximum absolute atomic E-state index is 13.0. The van der Waals surface area contributed by atoms with Crippen LogP contribution >= 0.6 is 46.4 Å². The van der Waals surface area contributed by atoms with E-state index in [2.05, 4.69) is 0 Å². The van der Waals surface area contributed by atoms with Crippen molar-refractivity contribution < 1.29 is 23.2 Å². The molecule has 152 valence electrons. The predicted octanol–water partition coefficient (Wildman–Crippen LogP) is 5.89. The summed E-state index contributed by atoms with van der Waals surface area (Å²) in [5.74, 6) is -0.733. The molecule has 1 unspecified atom stereocenters. The molecule has 0 saturated heterocycles. The highest BCUT2D eigenvalue weighted by atomic mass is 35.5. The Morgan fingerprint density at radius 3 is 1.86 bits per heavy atom. The first-order chi connectivity index (χ1) is 13.5. The van der Waals surface area contributed by atoms with Crippen molar-refractivity contribution in [2.24, 2.45) is 0 Å². The standard InChI is InChI=1S/C19H12Cl4O5S/c20-12-3-1-2-10(6-12)19(29(26,27)28,11-4-5-14(21)17(25)7-11)18-15(22)8-13(24)9-16(18)23/h1-9,24-25H,(H,26,27,28). The summed E-state index contributed by atoms with van der Waals surface area (Å²) >= 11 is 24.6. The number of rotatable bonds is 4. The van der Waals surface area contributed by atoms with E-state index in [9.17, 15) is 23.2 Å². The third-order valence-corrected chi connectivity index (χ3v) is 6.95.